The van der Waals surface area contributed by atoms with Crippen LogP contribution in [-0.2, 0) is 4.79 Å². The van der Waals surface area contributed by atoms with Gasteiger partial charge in [0.25, 0.3) is 5.91 Å². The summed E-state index contributed by atoms with van der Waals surface area (Å²) < 4.78 is 0. The van der Waals surface area contributed by atoms with Crippen LogP contribution < -0.4 is 10.6 Å². The van der Waals surface area contributed by atoms with Crippen LogP contribution in [0, 0.1) is 0 Å². The summed E-state index contributed by atoms with van der Waals surface area (Å²) in [5.74, 6) is 0.587. The van der Waals surface area contributed by atoms with E-state index in [9.17, 15) is 4.79 Å². The second-order valence-corrected chi connectivity index (χ2v) is 5.30. The molecule has 0 bridgehead atoms. The first-order valence-corrected chi connectivity index (χ1v) is 7.58. The van der Waals surface area contributed by atoms with Gasteiger partial charge in [-0.2, -0.15) is 15.4 Å². The highest BCUT2D eigenvalue weighted by molar-refractivity contribution is 6.00. The summed E-state index contributed by atoms with van der Waals surface area (Å²) in [4.78, 5) is 24.3. The van der Waals surface area contributed by atoms with E-state index >= 15 is 0 Å². The molecule has 3 aromatic heterocycles. The molecule has 3 N–H and O–H groups in total. The number of hydrogen-bond donors (Lipinski definition) is 3. The van der Waals surface area contributed by atoms with Gasteiger partial charge in [-0.3, -0.25) is 4.79 Å². The van der Waals surface area contributed by atoms with E-state index in [1.54, 1.807) is 12.3 Å². The number of rotatable bonds is 4. The number of carbonyl (C=O) groups excluding carboxylic acids is 1. The van der Waals surface area contributed by atoms with Crippen molar-refractivity contribution in [1.29, 1.82) is 0 Å². The Morgan fingerprint density at radius 1 is 1.12 bits per heavy atom. The van der Waals surface area contributed by atoms with Crippen LogP contribution in [0.2, 0.25) is 0 Å². The molecule has 0 fully saturated rings. The molecule has 3 heterocycles. The Hall–Kier alpha value is -4.10. The molecule has 0 atom stereocenters. The number of carbonyl (C=O) groups is 1. The lowest BCUT2D eigenvalue weighted by Gasteiger charge is -2.09. The third-order valence-electron chi connectivity index (χ3n) is 3.59. The normalized spacial score (nSPS) is 10.5. The summed E-state index contributed by atoms with van der Waals surface area (Å²) in [6.45, 7) is 3.37. The third kappa shape index (κ3) is 2.97. The summed E-state index contributed by atoms with van der Waals surface area (Å²) in [5, 5.41) is 17.2. The van der Waals surface area contributed by atoms with Crippen LogP contribution >= 0.6 is 0 Å². The largest absolute Gasteiger partial charge is 0.340 e. The third-order valence-corrected chi connectivity index (χ3v) is 3.59. The Morgan fingerprint density at radius 3 is 2.88 bits per heavy atom. The monoisotopic (exact) mass is 344 g/mol. The van der Waals surface area contributed by atoms with Crippen molar-refractivity contribution in [1.82, 2.24) is 30.4 Å². The van der Waals surface area contributed by atoms with Crippen LogP contribution in [0.4, 0.5) is 17.3 Å². The van der Waals surface area contributed by atoms with Gasteiger partial charge >= 0.3 is 0 Å². The van der Waals surface area contributed by atoms with Crippen LogP contribution in [0.3, 0.4) is 0 Å². The predicted molar refractivity (Wildman–Crippen MR) is 96.8 cm³/mol. The Kier molecular flexibility index (Phi) is 3.81. The fourth-order valence-corrected chi connectivity index (χ4v) is 2.44. The molecule has 26 heavy (non-hydrogen) atoms. The Balaban J connectivity index is 1.71. The molecule has 1 amide bonds. The number of fused-ring (bicyclic) bond motifs is 2. The molecular weight excluding hydrogens is 332 g/mol. The van der Waals surface area contributed by atoms with Gasteiger partial charge in [-0.1, -0.05) is 6.58 Å². The maximum absolute atomic E-state index is 11.7. The lowest BCUT2D eigenvalue weighted by atomic mass is 10.2. The number of pyridine rings is 1. The van der Waals surface area contributed by atoms with Crippen molar-refractivity contribution in [3.05, 3.63) is 55.2 Å². The number of anilines is 3. The van der Waals surface area contributed by atoms with E-state index in [-0.39, 0.29) is 5.91 Å². The number of nitrogens with zero attached hydrogens (tertiary/aromatic N) is 5. The first kappa shape index (κ1) is 15.4. The molecule has 1 aromatic carbocycles. The minimum absolute atomic E-state index is 0.366. The molecule has 0 saturated heterocycles. The number of aromatic nitrogens is 6. The second kappa shape index (κ2) is 6.42. The Labute approximate surface area is 146 Å². The van der Waals surface area contributed by atoms with Crippen LogP contribution in [0.5, 0.6) is 0 Å². The van der Waals surface area contributed by atoms with E-state index in [0.717, 1.165) is 16.7 Å². The molecule has 0 radical (unpaired) electrons. The fraction of sp³-hybridized carbons (Fsp3) is 0. The lowest BCUT2D eigenvalue weighted by Crippen LogP contribution is -2.09. The van der Waals surface area contributed by atoms with Crippen molar-refractivity contribution in [2.45, 2.75) is 0 Å². The van der Waals surface area contributed by atoms with Gasteiger partial charge in [0.15, 0.2) is 0 Å². The van der Waals surface area contributed by atoms with E-state index in [4.69, 9.17) is 0 Å². The van der Waals surface area contributed by atoms with Gasteiger partial charge in [0.1, 0.15) is 29.0 Å². The van der Waals surface area contributed by atoms with Crippen LogP contribution in [-0.4, -0.2) is 36.3 Å². The fourth-order valence-electron chi connectivity index (χ4n) is 2.44. The highest BCUT2D eigenvalue weighted by Crippen LogP contribution is 2.25. The maximum Gasteiger partial charge on any atom is 0.257 e. The van der Waals surface area contributed by atoms with E-state index in [1.807, 2.05) is 18.2 Å². The molecule has 0 unspecified atom stereocenters. The Morgan fingerprint density at radius 2 is 2.00 bits per heavy atom. The van der Waals surface area contributed by atoms with Crippen molar-refractivity contribution in [2.75, 3.05) is 10.6 Å². The molecule has 4 aromatic rings. The topological polar surface area (TPSA) is 121 Å². The molecule has 4 rings (SSSR count). The number of amides is 1. The van der Waals surface area contributed by atoms with Gasteiger partial charge in [0.2, 0.25) is 0 Å². The smallest absolute Gasteiger partial charge is 0.257 e. The van der Waals surface area contributed by atoms with Crippen LogP contribution in [0.25, 0.3) is 21.9 Å². The van der Waals surface area contributed by atoms with E-state index in [1.165, 1.54) is 12.4 Å². The minimum Gasteiger partial charge on any atom is -0.340 e. The molecule has 0 aliphatic rings. The zero-order valence-electron chi connectivity index (χ0n) is 13.4. The van der Waals surface area contributed by atoms with Crippen molar-refractivity contribution in [3.63, 3.8) is 0 Å². The summed E-state index contributed by atoms with van der Waals surface area (Å²) in [5.41, 5.74) is 5.36. The molecular formula is C17H12N8O. The number of nitrogens with one attached hydrogen (secondary N) is 3. The van der Waals surface area contributed by atoms with Crippen molar-refractivity contribution >= 4 is 45.2 Å². The zero-order valence-corrected chi connectivity index (χ0v) is 13.4. The summed E-state index contributed by atoms with van der Waals surface area (Å²) in [6.07, 6.45) is 4.20. The van der Waals surface area contributed by atoms with Gasteiger partial charge in [-0.05, 0) is 24.3 Å². The van der Waals surface area contributed by atoms with Gasteiger partial charge < -0.3 is 10.6 Å². The quantitative estimate of drug-likeness (QED) is 0.383. The maximum atomic E-state index is 11.7. The summed E-state index contributed by atoms with van der Waals surface area (Å²) in [7, 11) is 0. The van der Waals surface area contributed by atoms with Crippen LogP contribution in [0.15, 0.2) is 55.2 Å². The highest BCUT2D eigenvalue weighted by Gasteiger charge is 2.08. The average Bonchev–Trinajstić information content (AvgIpc) is 3.10. The van der Waals surface area contributed by atoms with Crippen molar-refractivity contribution in [3.8, 4) is 0 Å². The molecule has 9 nitrogen and oxygen atoms in total. The number of aromatic amines is 1. The first-order valence-electron chi connectivity index (χ1n) is 7.58. The van der Waals surface area contributed by atoms with Gasteiger partial charge in [-0.15, -0.1) is 5.73 Å². The Bertz CT molecular complexity index is 1180. The van der Waals surface area contributed by atoms with E-state index in [0.29, 0.717) is 22.5 Å². The predicted octanol–water partition coefficient (Wildman–Crippen LogP) is 2.32. The SMILES string of the molecule is C=C=CC(=O)Nc1cc2c(Nc3ccc4n[nH]nc4c3)ncnc2cn1. The summed E-state index contributed by atoms with van der Waals surface area (Å²) >= 11 is 0. The minimum atomic E-state index is -0.366. The first-order chi connectivity index (χ1) is 12.7. The standard InChI is InChI=1S/C17H12N8O/c1-2-3-16(26)22-15-7-11-14(8-18-15)19-9-20-17(11)21-10-4-5-12-13(6-10)24-25-23-12/h3-9H,1H2,(H,18,22,26)(H,19,20,21)(H,23,24,25). The number of H-pyrrole nitrogens is 1. The summed E-state index contributed by atoms with van der Waals surface area (Å²) in [6, 6.07) is 7.27. The zero-order chi connectivity index (χ0) is 17.9. The second-order valence-electron chi connectivity index (χ2n) is 5.30. The van der Waals surface area contributed by atoms with Crippen molar-refractivity contribution in [2.24, 2.45) is 0 Å². The average molecular weight is 344 g/mol. The molecule has 0 aliphatic carbocycles. The van der Waals surface area contributed by atoms with E-state index in [2.05, 4.69) is 53.3 Å². The highest BCUT2D eigenvalue weighted by atomic mass is 16.1. The number of hydrogen-bond acceptors (Lipinski definition) is 7. The van der Waals surface area contributed by atoms with Gasteiger partial charge in [0, 0.05) is 17.1 Å². The lowest BCUT2D eigenvalue weighted by molar-refractivity contribution is -0.111. The molecule has 0 aliphatic heterocycles. The molecule has 126 valence electrons. The van der Waals surface area contributed by atoms with Crippen LogP contribution in [0.1, 0.15) is 0 Å². The molecule has 9 heteroatoms. The van der Waals surface area contributed by atoms with Crippen molar-refractivity contribution < 1.29 is 4.79 Å². The van der Waals surface area contributed by atoms with Gasteiger partial charge in [-0.25, -0.2) is 15.0 Å². The molecule has 0 saturated carbocycles. The van der Waals surface area contributed by atoms with Gasteiger partial charge in [0.05, 0.1) is 11.7 Å². The number of benzene rings is 1. The molecule has 0 spiro atoms. The van der Waals surface area contributed by atoms with E-state index < -0.39 is 0 Å².